The molecule has 0 aliphatic carbocycles. The van der Waals surface area contributed by atoms with Gasteiger partial charge in [-0.2, -0.15) is 13.2 Å². The molecule has 1 aromatic carbocycles. The zero-order chi connectivity index (χ0) is 13.2. The lowest BCUT2D eigenvalue weighted by Crippen LogP contribution is -2.38. The number of likely N-dealkylation sites (tertiary alicyclic amines) is 1. The maximum absolute atomic E-state index is 12.5. The second-order valence-electron chi connectivity index (χ2n) is 4.72. The van der Waals surface area contributed by atoms with Crippen molar-refractivity contribution < 1.29 is 13.2 Å². The molecular formula is C13H15BrF3N. The average molecular weight is 322 g/mol. The molecule has 1 aliphatic heterocycles. The highest BCUT2D eigenvalue weighted by molar-refractivity contribution is 9.10. The van der Waals surface area contributed by atoms with Crippen LogP contribution in [0.25, 0.3) is 0 Å². The van der Waals surface area contributed by atoms with Crippen molar-refractivity contribution in [1.29, 1.82) is 0 Å². The van der Waals surface area contributed by atoms with Crippen molar-refractivity contribution >= 4 is 15.9 Å². The van der Waals surface area contributed by atoms with E-state index in [-0.39, 0.29) is 12.8 Å². The van der Waals surface area contributed by atoms with Crippen LogP contribution >= 0.6 is 15.9 Å². The van der Waals surface area contributed by atoms with Gasteiger partial charge in [0.05, 0.1) is 5.92 Å². The Morgan fingerprint density at radius 2 is 1.89 bits per heavy atom. The van der Waals surface area contributed by atoms with E-state index in [0.29, 0.717) is 13.1 Å². The van der Waals surface area contributed by atoms with Gasteiger partial charge in [-0.3, -0.25) is 4.90 Å². The number of nitrogens with zero attached hydrogens (tertiary/aromatic N) is 1. The lowest BCUT2D eigenvalue weighted by atomic mass is 9.96. The fourth-order valence-electron chi connectivity index (χ4n) is 2.31. The van der Waals surface area contributed by atoms with Crippen LogP contribution in [0.4, 0.5) is 13.2 Å². The van der Waals surface area contributed by atoms with E-state index >= 15 is 0 Å². The van der Waals surface area contributed by atoms with E-state index in [0.717, 1.165) is 16.6 Å². The van der Waals surface area contributed by atoms with Gasteiger partial charge in [-0.05, 0) is 43.6 Å². The first-order valence-electron chi connectivity index (χ1n) is 5.98. The van der Waals surface area contributed by atoms with Crippen LogP contribution < -0.4 is 0 Å². The first-order valence-corrected chi connectivity index (χ1v) is 6.78. The fraction of sp³-hybridized carbons (Fsp3) is 0.538. The zero-order valence-electron chi connectivity index (χ0n) is 9.88. The number of halogens is 4. The fourth-order valence-corrected chi connectivity index (χ4v) is 2.76. The standard InChI is InChI=1S/C13H15BrF3N/c14-12-3-1-2-10(8-12)9-18-6-4-11(5-7-18)13(15,16)17/h1-3,8,11H,4-7,9H2. The Morgan fingerprint density at radius 3 is 2.44 bits per heavy atom. The second kappa shape index (κ2) is 5.61. The Hall–Kier alpha value is -0.550. The molecule has 18 heavy (non-hydrogen) atoms. The van der Waals surface area contributed by atoms with Crippen molar-refractivity contribution in [2.75, 3.05) is 13.1 Å². The quantitative estimate of drug-likeness (QED) is 0.788. The number of alkyl halides is 3. The molecule has 1 heterocycles. The van der Waals surface area contributed by atoms with Gasteiger partial charge in [-0.15, -0.1) is 0 Å². The molecule has 2 rings (SSSR count). The van der Waals surface area contributed by atoms with Crippen molar-refractivity contribution in [3.05, 3.63) is 34.3 Å². The Bertz CT molecular complexity index is 397. The molecule has 0 amide bonds. The Morgan fingerprint density at radius 1 is 1.22 bits per heavy atom. The summed E-state index contributed by atoms with van der Waals surface area (Å²) in [4.78, 5) is 2.09. The SMILES string of the molecule is FC(F)(F)C1CCN(Cc2cccc(Br)c2)CC1. The molecule has 0 bridgehead atoms. The van der Waals surface area contributed by atoms with Crippen LogP contribution in [-0.4, -0.2) is 24.2 Å². The second-order valence-corrected chi connectivity index (χ2v) is 5.64. The molecule has 5 heteroatoms. The summed E-state index contributed by atoms with van der Waals surface area (Å²) < 4.78 is 38.6. The minimum atomic E-state index is -4.03. The third-order valence-corrected chi connectivity index (χ3v) is 3.84. The predicted molar refractivity (Wildman–Crippen MR) is 68.2 cm³/mol. The highest BCUT2D eigenvalue weighted by Crippen LogP contribution is 2.34. The summed E-state index contributed by atoms with van der Waals surface area (Å²) in [5, 5.41) is 0. The molecule has 100 valence electrons. The Labute approximate surface area is 113 Å². The third-order valence-electron chi connectivity index (χ3n) is 3.35. The summed E-state index contributed by atoms with van der Waals surface area (Å²) in [6.07, 6.45) is -3.59. The lowest BCUT2D eigenvalue weighted by Gasteiger charge is -2.32. The normalized spacial score (nSPS) is 19.1. The number of rotatable bonds is 2. The molecule has 0 atom stereocenters. The first-order chi connectivity index (χ1) is 8.45. The highest BCUT2D eigenvalue weighted by Gasteiger charge is 2.40. The topological polar surface area (TPSA) is 3.24 Å². The smallest absolute Gasteiger partial charge is 0.299 e. The molecule has 1 saturated heterocycles. The van der Waals surface area contributed by atoms with Gasteiger partial charge in [-0.25, -0.2) is 0 Å². The summed E-state index contributed by atoms with van der Waals surface area (Å²) in [7, 11) is 0. The van der Waals surface area contributed by atoms with E-state index in [4.69, 9.17) is 0 Å². The minimum absolute atomic E-state index is 0.220. The van der Waals surface area contributed by atoms with Crippen molar-refractivity contribution in [3.63, 3.8) is 0 Å². The predicted octanol–water partition coefficient (Wildman–Crippen LogP) is 4.22. The summed E-state index contributed by atoms with van der Waals surface area (Å²) in [5.41, 5.74) is 1.13. The minimum Gasteiger partial charge on any atom is -0.299 e. The summed E-state index contributed by atoms with van der Waals surface area (Å²) in [6, 6.07) is 7.90. The monoisotopic (exact) mass is 321 g/mol. The van der Waals surface area contributed by atoms with E-state index in [9.17, 15) is 13.2 Å². The lowest BCUT2D eigenvalue weighted by molar-refractivity contribution is -0.185. The van der Waals surface area contributed by atoms with Gasteiger partial charge in [-0.1, -0.05) is 28.1 Å². The third kappa shape index (κ3) is 3.72. The molecule has 0 saturated carbocycles. The summed E-state index contributed by atoms with van der Waals surface area (Å²) in [6.45, 7) is 1.78. The maximum Gasteiger partial charge on any atom is 0.391 e. The van der Waals surface area contributed by atoms with Gasteiger partial charge >= 0.3 is 6.18 Å². The van der Waals surface area contributed by atoms with E-state index in [1.807, 2.05) is 24.3 Å². The summed E-state index contributed by atoms with van der Waals surface area (Å²) >= 11 is 3.40. The van der Waals surface area contributed by atoms with Crippen molar-refractivity contribution in [3.8, 4) is 0 Å². The highest BCUT2D eigenvalue weighted by atomic mass is 79.9. The van der Waals surface area contributed by atoms with Crippen molar-refractivity contribution in [1.82, 2.24) is 4.90 Å². The van der Waals surface area contributed by atoms with Crippen LogP contribution in [0.5, 0.6) is 0 Å². The van der Waals surface area contributed by atoms with Gasteiger partial charge in [0.25, 0.3) is 0 Å². The molecule has 0 spiro atoms. The van der Waals surface area contributed by atoms with Gasteiger partial charge in [0.2, 0.25) is 0 Å². The maximum atomic E-state index is 12.5. The van der Waals surface area contributed by atoms with Crippen LogP contribution in [0.1, 0.15) is 18.4 Å². The number of piperidine rings is 1. The number of hydrogen-bond acceptors (Lipinski definition) is 1. The van der Waals surface area contributed by atoms with E-state index < -0.39 is 12.1 Å². The largest absolute Gasteiger partial charge is 0.391 e. The van der Waals surface area contributed by atoms with Crippen LogP contribution in [0.2, 0.25) is 0 Å². The molecule has 0 aromatic heterocycles. The number of benzene rings is 1. The van der Waals surface area contributed by atoms with E-state index in [1.165, 1.54) is 0 Å². The van der Waals surface area contributed by atoms with Crippen LogP contribution in [-0.2, 0) is 6.54 Å². The van der Waals surface area contributed by atoms with Crippen molar-refractivity contribution in [2.45, 2.75) is 25.6 Å². The molecular weight excluding hydrogens is 307 g/mol. The molecule has 1 aromatic rings. The van der Waals surface area contributed by atoms with E-state index in [2.05, 4.69) is 20.8 Å². The van der Waals surface area contributed by atoms with Gasteiger partial charge in [0.15, 0.2) is 0 Å². The van der Waals surface area contributed by atoms with Crippen LogP contribution in [0.15, 0.2) is 28.7 Å². The van der Waals surface area contributed by atoms with Gasteiger partial charge < -0.3 is 0 Å². The first kappa shape index (κ1) is 13.9. The van der Waals surface area contributed by atoms with Crippen molar-refractivity contribution in [2.24, 2.45) is 5.92 Å². The molecule has 1 nitrogen and oxygen atoms in total. The molecule has 0 unspecified atom stereocenters. The molecule has 1 aliphatic rings. The van der Waals surface area contributed by atoms with Crippen LogP contribution in [0.3, 0.4) is 0 Å². The summed E-state index contributed by atoms with van der Waals surface area (Å²) in [5.74, 6) is -1.11. The van der Waals surface area contributed by atoms with E-state index in [1.54, 1.807) is 0 Å². The molecule has 0 radical (unpaired) electrons. The number of hydrogen-bond donors (Lipinski definition) is 0. The van der Waals surface area contributed by atoms with Crippen LogP contribution in [0, 0.1) is 5.92 Å². The molecule has 0 N–H and O–H groups in total. The average Bonchev–Trinajstić information content (AvgIpc) is 2.28. The Kier molecular flexibility index (Phi) is 4.33. The van der Waals surface area contributed by atoms with Gasteiger partial charge in [0, 0.05) is 11.0 Å². The zero-order valence-corrected chi connectivity index (χ0v) is 11.5. The Balaban J connectivity index is 1.87. The van der Waals surface area contributed by atoms with Gasteiger partial charge in [0.1, 0.15) is 0 Å². The molecule has 1 fully saturated rings.